The van der Waals surface area contributed by atoms with Crippen molar-refractivity contribution >= 4 is 17.3 Å². The third-order valence-electron chi connectivity index (χ3n) is 2.84. The first-order chi connectivity index (χ1) is 7.93. The van der Waals surface area contributed by atoms with Crippen molar-refractivity contribution in [1.82, 2.24) is 9.55 Å². The summed E-state index contributed by atoms with van der Waals surface area (Å²) in [6.45, 7) is 0.963. The zero-order valence-electron chi connectivity index (χ0n) is 9.10. The van der Waals surface area contributed by atoms with Gasteiger partial charge in [-0.1, -0.05) is 6.07 Å². The van der Waals surface area contributed by atoms with Crippen molar-refractivity contribution in [3.05, 3.63) is 34.8 Å². The number of imidazole rings is 1. The highest BCUT2D eigenvalue weighted by Crippen LogP contribution is 2.36. The first kappa shape index (κ1) is 9.90. The fraction of sp³-hybridized carbons (Fsp3) is 0.417. The molecule has 3 rings (SSSR count). The van der Waals surface area contributed by atoms with Gasteiger partial charge in [0.2, 0.25) is 5.95 Å². The molecule has 0 amide bonds. The molecule has 3 nitrogen and oxygen atoms in total. The molecule has 2 aromatic heterocycles. The minimum atomic E-state index is 0.701. The number of hydrogen-bond donors (Lipinski definition) is 1. The van der Waals surface area contributed by atoms with Gasteiger partial charge in [0.1, 0.15) is 0 Å². The van der Waals surface area contributed by atoms with E-state index < -0.39 is 0 Å². The number of anilines is 1. The molecule has 2 aromatic rings. The van der Waals surface area contributed by atoms with Crippen LogP contribution in [-0.2, 0) is 6.42 Å². The Kier molecular flexibility index (Phi) is 2.66. The molecule has 0 aliphatic heterocycles. The fourth-order valence-corrected chi connectivity index (χ4v) is 2.56. The standard InChI is InChI=1S/C12H15N3S/c1-2-11(16-9-1)5-6-13-12-14-7-8-15(12)10-3-4-10/h1-2,7-10H,3-6H2,(H,13,14). The lowest BCUT2D eigenvalue weighted by atomic mass is 10.3. The minimum Gasteiger partial charge on any atom is -0.355 e. The number of rotatable bonds is 5. The van der Waals surface area contributed by atoms with E-state index in [2.05, 4.69) is 38.6 Å². The van der Waals surface area contributed by atoms with Crippen LogP contribution in [0.25, 0.3) is 0 Å². The summed E-state index contributed by atoms with van der Waals surface area (Å²) < 4.78 is 2.26. The molecule has 0 saturated heterocycles. The summed E-state index contributed by atoms with van der Waals surface area (Å²) in [4.78, 5) is 5.78. The molecule has 4 heteroatoms. The van der Waals surface area contributed by atoms with E-state index in [9.17, 15) is 0 Å². The predicted octanol–water partition coefficient (Wildman–Crippen LogP) is 2.93. The van der Waals surface area contributed by atoms with Crippen molar-refractivity contribution in [3.63, 3.8) is 0 Å². The molecule has 1 fully saturated rings. The van der Waals surface area contributed by atoms with E-state index in [1.54, 1.807) is 0 Å². The Morgan fingerprint density at radius 3 is 3.19 bits per heavy atom. The summed E-state index contributed by atoms with van der Waals surface area (Å²) in [6.07, 6.45) is 7.64. The minimum absolute atomic E-state index is 0.701. The van der Waals surface area contributed by atoms with Crippen molar-refractivity contribution in [2.45, 2.75) is 25.3 Å². The summed E-state index contributed by atoms with van der Waals surface area (Å²) in [5, 5.41) is 5.54. The van der Waals surface area contributed by atoms with Gasteiger partial charge in [0, 0.05) is 29.9 Å². The lowest BCUT2D eigenvalue weighted by Crippen LogP contribution is -2.09. The van der Waals surface area contributed by atoms with E-state index in [0.717, 1.165) is 18.9 Å². The number of hydrogen-bond acceptors (Lipinski definition) is 3. The molecule has 1 aliphatic carbocycles. The normalized spacial score (nSPS) is 15.2. The third kappa shape index (κ3) is 2.11. The fourth-order valence-electron chi connectivity index (χ4n) is 1.85. The maximum atomic E-state index is 4.35. The molecular weight excluding hydrogens is 218 g/mol. The topological polar surface area (TPSA) is 29.9 Å². The van der Waals surface area contributed by atoms with Crippen LogP contribution < -0.4 is 5.32 Å². The van der Waals surface area contributed by atoms with Crippen molar-refractivity contribution in [1.29, 1.82) is 0 Å². The largest absolute Gasteiger partial charge is 0.355 e. The average Bonchev–Trinajstić information content (AvgIpc) is 2.82. The summed E-state index contributed by atoms with van der Waals surface area (Å²) >= 11 is 1.82. The van der Waals surface area contributed by atoms with Crippen LogP contribution in [0, 0.1) is 0 Å². The van der Waals surface area contributed by atoms with Crippen LogP contribution in [0.5, 0.6) is 0 Å². The Morgan fingerprint density at radius 1 is 1.50 bits per heavy atom. The van der Waals surface area contributed by atoms with Crippen LogP contribution in [0.4, 0.5) is 5.95 Å². The van der Waals surface area contributed by atoms with Crippen molar-refractivity contribution in [3.8, 4) is 0 Å². The van der Waals surface area contributed by atoms with E-state index in [1.807, 2.05) is 17.5 Å². The SMILES string of the molecule is c1csc(CCNc2nccn2C2CC2)c1. The summed E-state index contributed by atoms with van der Waals surface area (Å²) in [6, 6.07) is 4.98. The van der Waals surface area contributed by atoms with Gasteiger partial charge in [0.25, 0.3) is 0 Å². The first-order valence-corrected chi connectivity index (χ1v) is 6.60. The molecule has 84 valence electrons. The Bertz CT molecular complexity index is 443. The van der Waals surface area contributed by atoms with Gasteiger partial charge >= 0.3 is 0 Å². The molecule has 0 spiro atoms. The second-order valence-corrected chi connectivity index (χ2v) is 5.18. The molecule has 0 radical (unpaired) electrons. The van der Waals surface area contributed by atoms with Gasteiger partial charge in [0.15, 0.2) is 0 Å². The van der Waals surface area contributed by atoms with Crippen LogP contribution in [0.1, 0.15) is 23.8 Å². The van der Waals surface area contributed by atoms with Gasteiger partial charge < -0.3 is 9.88 Å². The predicted molar refractivity (Wildman–Crippen MR) is 67.0 cm³/mol. The number of thiophene rings is 1. The second-order valence-electron chi connectivity index (χ2n) is 4.15. The maximum Gasteiger partial charge on any atom is 0.203 e. The van der Waals surface area contributed by atoms with Crippen LogP contribution in [0.15, 0.2) is 29.9 Å². The zero-order valence-corrected chi connectivity index (χ0v) is 9.91. The Hall–Kier alpha value is -1.29. The molecule has 0 atom stereocenters. The smallest absolute Gasteiger partial charge is 0.203 e. The second kappa shape index (κ2) is 4.29. The molecule has 0 bridgehead atoms. The first-order valence-electron chi connectivity index (χ1n) is 5.72. The van der Waals surface area contributed by atoms with E-state index >= 15 is 0 Å². The van der Waals surface area contributed by atoms with Crippen LogP contribution in [0.2, 0.25) is 0 Å². The van der Waals surface area contributed by atoms with Crippen molar-refractivity contribution in [2.24, 2.45) is 0 Å². The number of aromatic nitrogens is 2. The maximum absolute atomic E-state index is 4.35. The Labute approximate surface area is 99.1 Å². The Balaban J connectivity index is 1.56. The molecule has 1 N–H and O–H groups in total. The monoisotopic (exact) mass is 233 g/mol. The molecular formula is C12H15N3S. The number of nitrogens with one attached hydrogen (secondary N) is 1. The van der Waals surface area contributed by atoms with Gasteiger partial charge in [-0.25, -0.2) is 4.98 Å². The quantitative estimate of drug-likeness (QED) is 0.860. The molecule has 1 aliphatic rings. The van der Waals surface area contributed by atoms with Gasteiger partial charge in [-0.3, -0.25) is 0 Å². The molecule has 16 heavy (non-hydrogen) atoms. The highest BCUT2D eigenvalue weighted by Gasteiger charge is 2.25. The summed E-state index contributed by atoms with van der Waals surface area (Å²) in [5.41, 5.74) is 0. The van der Waals surface area contributed by atoms with Crippen LogP contribution in [0.3, 0.4) is 0 Å². The van der Waals surface area contributed by atoms with Gasteiger partial charge in [-0.2, -0.15) is 0 Å². The molecule has 0 aromatic carbocycles. The highest BCUT2D eigenvalue weighted by atomic mass is 32.1. The summed E-state index contributed by atoms with van der Waals surface area (Å²) in [7, 11) is 0. The third-order valence-corrected chi connectivity index (χ3v) is 3.78. The van der Waals surface area contributed by atoms with E-state index in [-0.39, 0.29) is 0 Å². The number of nitrogens with zero attached hydrogens (tertiary/aromatic N) is 2. The van der Waals surface area contributed by atoms with E-state index in [4.69, 9.17) is 0 Å². The highest BCUT2D eigenvalue weighted by molar-refractivity contribution is 7.09. The molecule has 0 unspecified atom stereocenters. The Morgan fingerprint density at radius 2 is 2.44 bits per heavy atom. The molecule has 1 saturated carbocycles. The van der Waals surface area contributed by atoms with Crippen molar-refractivity contribution in [2.75, 3.05) is 11.9 Å². The van der Waals surface area contributed by atoms with E-state index in [1.165, 1.54) is 17.7 Å². The van der Waals surface area contributed by atoms with E-state index in [0.29, 0.717) is 6.04 Å². The van der Waals surface area contributed by atoms with Crippen LogP contribution >= 0.6 is 11.3 Å². The molecule has 2 heterocycles. The van der Waals surface area contributed by atoms with Crippen molar-refractivity contribution < 1.29 is 0 Å². The summed E-state index contributed by atoms with van der Waals surface area (Å²) in [5.74, 6) is 1.03. The lowest BCUT2D eigenvalue weighted by molar-refractivity contribution is 0.743. The van der Waals surface area contributed by atoms with Gasteiger partial charge in [-0.15, -0.1) is 11.3 Å². The average molecular weight is 233 g/mol. The van der Waals surface area contributed by atoms with Gasteiger partial charge in [0.05, 0.1) is 0 Å². The zero-order chi connectivity index (χ0) is 10.8. The lowest BCUT2D eigenvalue weighted by Gasteiger charge is -2.07. The van der Waals surface area contributed by atoms with Crippen LogP contribution in [-0.4, -0.2) is 16.1 Å². The van der Waals surface area contributed by atoms with Gasteiger partial charge in [-0.05, 0) is 30.7 Å².